The monoisotopic (exact) mass is 380 g/mol. The van der Waals surface area contributed by atoms with Gasteiger partial charge in [0.15, 0.2) is 5.16 Å². The van der Waals surface area contributed by atoms with Gasteiger partial charge in [0.2, 0.25) is 5.91 Å². The van der Waals surface area contributed by atoms with Gasteiger partial charge in [-0.1, -0.05) is 23.4 Å². The molecule has 5 nitrogen and oxygen atoms in total. The maximum atomic E-state index is 13.8. The molecule has 1 aromatic carbocycles. The van der Waals surface area contributed by atoms with Gasteiger partial charge in [0.25, 0.3) is 0 Å². The van der Waals surface area contributed by atoms with E-state index in [0.29, 0.717) is 17.0 Å². The van der Waals surface area contributed by atoms with Gasteiger partial charge in [0.1, 0.15) is 11.6 Å². The summed E-state index contributed by atoms with van der Waals surface area (Å²) < 4.78 is 16.0. The predicted molar refractivity (Wildman–Crippen MR) is 95.6 cm³/mol. The van der Waals surface area contributed by atoms with Gasteiger partial charge in [0.05, 0.1) is 10.9 Å². The minimum atomic E-state index is -0.546. The van der Waals surface area contributed by atoms with Crippen molar-refractivity contribution in [1.82, 2.24) is 14.8 Å². The highest BCUT2D eigenvalue weighted by Gasteiger charge is 2.37. The molecule has 132 valence electrons. The van der Waals surface area contributed by atoms with Crippen molar-refractivity contribution in [2.45, 2.75) is 55.0 Å². The molecular weight excluding hydrogens is 363 g/mol. The first kappa shape index (κ1) is 16.8. The van der Waals surface area contributed by atoms with Gasteiger partial charge in [0, 0.05) is 17.0 Å². The van der Waals surface area contributed by atoms with Crippen LogP contribution >= 0.6 is 23.4 Å². The van der Waals surface area contributed by atoms with Crippen molar-refractivity contribution in [1.29, 1.82) is 0 Å². The van der Waals surface area contributed by atoms with Crippen LogP contribution in [-0.4, -0.2) is 25.9 Å². The highest BCUT2D eigenvalue weighted by Crippen LogP contribution is 2.46. The van der Waals surface area contributed by atoms with E-state index in [0.717, 1.165) is 23.8 Å². The normalized spacial score (nSPS) is 18.2. The first-order chi connectivity index (χ1) is 12.0. The highest BCUT2D eigenvalue weighted by molar-refractivity contribution is 8.00. The van der Waals surface area contributed by atoms with Gasteiger partial charge >= 0.3 is 0 Å². The van der Waals surface area contributed by atoms with Crippen molar-refractivity contribution in [3.8, 4) is 0 Å². The molecule has 25 heavy (non-hydrogen) atoms. The second-order valence-electron chi connectivity index (χ2n) is 6.59. The summed E-state index contributed by atoms with van der Waals surface area (Å²) >= 11 is 7.10. The molecule has 2 aromatic rings. The zero-order chi connectivity index (χ0) is 17.6. The summed E-state index contributed by atoms with van der Waals surface area (Å²) in [6, 6.07) is 4.66. The first-order valence-corrected chi connectivity index (χ1v) is 9.66. The Morgan fingerprint density at radius 3 is 2.76 bits per heavy atom. The molecule has 2 saturated carbocycles. The number of hydrogen-bond donors (Lipinski definition) is 1. The number of nitrogens with one attached hydrogen (secondary N) is 1. The van der Waals surface area contributed by atoms with Crippen LogP contribution in [-0.2, 0) is 4.79 Å². The SMILES string of the molecule is CC(Sc1nnc(C2CC2)n1C1CC1)C(=O)Nc1ccc(Cl)cc1F. The summed E-state index contributed by atoms with van der Waals surface area (Å²) in [5.74, 6) is 0.760. The third-order valence-corrected chi connectivity index (χ3v) is 5.68. The molecule has 0 spiro atoms. The van der Waals surface area contributed by atoms with E-state index in [4.69, 9.17) is 11.6 Å². The van der Waals surface area contributed by atoms with Crippen LogP contribution in [0.1, 0.15) is 50.4 Å². The van der Waals surface area contributed by atoms with Gasteiger partial charge < -0.3 is 9.88 Å². The summed E-state index contributed by atoms with van der Waals surface area (Å²) in [7, 11) is 0. The molecule has 0 radical (unpaired) electrons. The van der Waals surface area contributed by atoms with Gasteiger partial charge in [-0.3, -0.25) is 4.79 Å². The number of aromatic nitrogens is 3. The first-order valence-electron chi connectivity index (χ1n) is 8.40. The Bertz CT molecular complexity index is 819. The van der Waals surface area contributed by atoms with E-state index < -0.39 is 11.1 Å². The quantitative estimate of drug-likeness (QED) is 0.754. The van der Waals surface area contributed by atoms with Gasteiger partial charge in [-0.15, -0.1) is 10.2 Å². The molecule has 1 atom stereocenters. The molecule has 2 aliphatic rings. The zero-order valence-electron chi connectivity index (χ0n) is 13.7. The van der Waals surface area contributed by atoms with Crippen LogP contribution in [0.3, 0.4) is 0 Å². The Balaban J connectivity index is 1.46. The topological polar surface area (TPSA) is 59.8 Å². The molecule has 1 N–H and O–H groups in total. The molecule has 1 heterocycles. The number of benzene rings is 1. The van der Waals surface area contributed by atoms with Crippen LogP contribution in [0.25, 0.3) is 0 Å². The Morgan fingerprint density at radius 1 is 1.36 bits per heavy atom. The van der Waals surface area contributed by atoms with Crippen molar-refractivity contribution in [2.75, 3.05) is 5.32 Å². The van der Waals surface area contributed by atoms with Gasteiger partial charge in [-0.2, -0.15) is 0 Å². The molecule has 1 aromatic heterocycles. The van der Waals surface area contributed by atoms with Crippen molar-refractivity contribution < 1.29 is 9.18 Å². The molecule has 1 amide bonds. The van der Waals surface area contributed by atoms with Crippen molar-refractivity contribution >= 4 is 35.0 Å². The molecule has 4 rings (SSSR count). The molecular formula is C17H18ClFN4OS. The second kappa shape index (κ2) is 6.61. The summed E-state index contributed by atoms with van der Waals surface area (Å²) in [5.41, 5.74) is 0.129. The molecule has 0 bridgehead atoms. The minimum Gasteiger partial charge on any atom is -0.323 e. The number of nitrogens with zero attached hydrogens (tertiary/aromatic N) is 3. The number of carbonyl (C=O) groups is 1. The highest BCUT2D eigenvalue weighted by atomic mass is 35.5. The third kappa shape index (κ3) is 3.67. The molecule has 8 heteroatoms. The lowest BCUT2D eigenvalue weighted by atomic mass is 10.3. The maximum absolute atomic E-state index is 13.8. The van der Waals surface area contributed by atoms with Gasteiger partial charge in [-0.25, -0.2) is 4.39 Å². The van der Waals surface area contributed by atoms with Crippen molar-refractivity contribution in [3.05, 3.63) is 34.9 Å². The molecule has 0 saturated heterocycles. The Labute approximate surface area is 154 Å². The number of carbonyl (C=O) groups excluding carboxylic acids is 1. The standard InChI is InChI=1S/C17H18ClFN4OS/c1-9(16(24)20-14-7-4-11(18)8-13(14)19)25-17-22-21-15(10-2-3-10)23(17)12-5-6-12/h4,7-10,12H,2-3,5-6H2,1H3,(H,20,24). The average molecular weight is 381 g/mol. The van der Waals surface area contributed by atoms with Crippen LogP contribution in [0.2, 0.25) is 5.02 Å². The number of anilines is 1. The fourth-order valence-electron chi connectivity index (χ4n) is 2.70. The average Bonchev–Trinajstić information content (AvgIpc) is 3.49. The summed E-state index contributed by atoms with van der Waals surface area (Å²) in [6.07, 6.45) is 4.62. The lowest BCUT2D eigenvalue weighted by Gasteiger charge is -2.13. The van der Waals surface area contributed by atoms with E-state index in [1.807, 2.05) is 0 Å². The fraction of sp³-hybridized carbons (Fsp3) is 0.471. The molecule has 0 aliphatic heterocycles. The number of hydrogen-bond acceptors (Lipinski definition) is 4. The predicted octanol–water partition coefficient (Wildman–Crippen LogP) is 4.40. The lowest BCUT2D eigenvalue weighted by molar-refractivity contribution is -0.115. The third-order valence-electron chi connectivity index (χ3n) is 4.39. The van der Waals surface area contributed by atoms with Crippen LogP contribution in [0.15, 0.2) is 23.4 Å². The number of rotatable bonds is 6. The van der Waals surface area contributed by atoms with E-state index in [1.54, 1.807) is 13.0 Å². The summed E-state index contributed by atoms with van der Waals surface area (Å²) in [4.78, 5) is 12.4. The van der Waals surface area contributed by atoms with Crippen molar-refractivity contribution in [3.63, 3.8) is 0 Å². The van der Waals surface area contributed by atoms with E-state index >= 15 is 0 Å². The van der Waals surface area contributed by atoms with E-state index in [1.165, 1.54) is 36.7 Å². The maximum Gasteiger partial charge on any atom is 0.237 e. The molecule has 2 aliphatic carbocycles. The van der Waals surface area contributed by atoms with Crippen LogP contribution in [0.5, 0.6) is 0 Å². The lowest BCUT2D eigenvalue weighted by Crippen LogP contribution is -2.23. The Kier molecular flexibility index (Phi) is 4.45. The number of halogens is 2. The number of amides is 1. The fourth-order valence-corrected chi connectivity index (χ4v) is 3.79. The van der Waals surface area contributed by atoms with E-state index in [-0.39, 0.29) is 11.6 Å². The Morgan fingerprint density at radius 2 is 2.12 bits per heavy atom. The summed E-state index contributed by atoms with van der Waals surface area (Å²) in [6.45, 7) is 1.79. The zero-order valence-corrected chi connectivity index (χ0v) is 15.3. The molecule has 2 fully saturated rings. The molecule has 1 unspecified atom stereocenters. The largest absolute Gasteiger partial charge is 0.323 e. The summed E-state index contributed by atoms with van der Waals surface area (Å²) in [5, 5.41) is 11.9. The van der Waals surface area contributed by atoms with Crippen LogP contribution in [0.4, 0.5) is 10.1 Å². The van der Waals surface area contributed by atoms with E-state index in [9.17, 15) is 9.18 Å². The van der Waals surface area contributed by atoms with Crippen LogP contribution < -0.4 is 5.32 Å². The second-order valence-corrected chi connectivity index (χ2v) is 8.33. The Hall–Kier alpha value is -1.60. The van der Waals surface area contributed by atoms with Gasteiger partial charge in [-0.05, 0) is 50.8 Å². The van der Waals surface area contributed by atoms with Crippen LogP contribution in [0, 0.1) is 5.82 Å². The minimum absolute atomic E-state index is 0.129. The number of thioether (sulfide) groups is 1. The van der Waals surface area contributed by atoms with Crippen molar-refractivity contribution in [2.24, 2.45) is 0 Å². The smallest absolute Gasteiger partial charge is 0.237 e. The van der Waals surface area contributed by atoms with E-state index in [2.05, 4.69) is 20.1 Å².